The summed E-state index contributed by atoms with van der Waals surface area (Å²) < 4.78 is 1.13. The third-order valence-corrected chi connectivity index (χ3v) is 4.68. The van der Waals surface area contributed by atoms with Gasteiger partial charge in [-0.2, -0.15) is 0 Å². The number of nitrogens with zero attached hydrogens (tertiary/aromatic N) is 2. The molecule has 1 amide bonds. The molecular formula is C21H25ClN4O3. The van der Waals surface area contributed by atoms with Crippen molar-refractivity contribution in [2.75, 3.05) is 13.1 Å². The summed E-state index contributed by atoms with van der Waals surface area (Å²) in [5.74, 6) is -0.167. The Labute approximate surface area is 174 Å². The Kier molecular flexibility index (Phi) is 7.75. The first-order chi connectivity index (χ1) is 13.5. The highest BCUT2D eigenvalue weighted by Crippen LogP contribution is 2.14. The Bertz CT molecular complexity index is 1090. The molecule has 1 aromatic heterocycles. The van der Waals surface area contributed by atoms with E-state index in [0.29, 0.717) is 42.5 Å². The molecule has 1 heterocycles. The summed E-state index contributed by atoms with van der Waals surface area (Å²) in [6.07, 6.45) is 0.685. The van der Waals surface area contributed by atoms with Crippen LogP contribution in [0.3, 0.4) is 0 Å². The Morgan fingerprint density at radius 3 is 2.52 bits per heavy atom. The standard InChI is InChI=1S/C21H24N4O3.ClH/c1-2-25-20(27)17-10-9-16(13-18(17)23-21(25)28)19(26)24(12-6-11-22)14-15-7-4-3-5-8-15;/h3-5,7-10,13H,2,6,11-12,14,22H2,1H3,(H,23,28);1H. The SMILES string of the molecule is CCn1c(=O)[nH]c2cc(C(=O)N(CCCN)Cc3ccccc3)ccc2c1=O.Cl. The van der Waals surface area contributed by atoms with E-state index in [4.69, 9.17) is 5.73 Å². The van der Waals surface area contributed by atoms with Crippen molar-refractivity contribution < 1.29 is 4.79 Å². The topological polar surface area (TPSA) is 101 Å². The number of hydrogen-bond donors (Lipinski definition) is 2. The molecule has 0 aliphatic carbocycles. The third kappa shape index (κ3) is 4.93. The molecule has 0 aliphatic rings. The Morgan fingerprint density at radius 2 is 1.86 bits per heavy atom. The van der Waals surface area contributed by atoms with Crippen molar-refractivity contribution in [3.8, 4) is 0 Å². The van der Waals surface area contributed by atoms with Crippen molar-refractivity contribution >= 4 is 29.2 Å². The molecule has 0 unspecified atom stereocenters. The van der Waals surface area contributed by atoms with Crippen LogP contribution >= 0.6 is 12.4 Å². The van der Waals surface area contributed by atoms with Crippen molar-refractivity contribution in [2.24, 2.45) is 5.73 Å². The summed E-state index contributed by atoms with van der Waals surface area (Å²) in [6.45, 7) is 3.50. The fourth-order valence-corrected chi connectivity index (χ4v) is 3.20. The zero-order chi connectivity index (χ0) is 20.1. The van der Waals surface area contributed by atoms with Gasteiger partial charge in [0.15, 0.2) is 0 Å². The molecule has 0 bridgehead atoms. The van der Waals surface area contributed by atoms with E-state index in [2.05, 4.69) is 4.98 Å². The van der Waals surface area contributed by atoms with E-state index in [1.54, 1.807) is 30.0 Å². The molecule has 3 N–H and O–H groups in total. The lowest BCUT2D eigenvalue weighted by Gasteiger charge is -2.23. The van der Waals surface area contributed by atoms with Gasteiger partial charge in [-0.05, 0) is 43.7 Å². The molecule has 0 radical (unpaired) electrons. The molecule has 3 rings (SSSR count). The van der Waals surface area contributed by atoms with Crippen LogP contribution in [0.25, 0.3) is 10.9 Å². The molecule has 154 valence electrons. The monoisotopic (exact) mass is 416 g/mol. The minimum atomic E-state index is -0.478. The van der Waals surface area contributed by atoms with Gasteiger partial charge in [-0.3, -0.25) is 14.2 Å². The van der Waals surface area contributed by atoms with Gasteiger partial charge in [0.1, 0.15) is 0 Å². The number of fused-ring (bicyclic) bond motifs is 1. The molecule has 0 atom stereocenters. The average Bonchev–Trinajstić information content (AvgIpc) is 2.71. The van der Waals surface area contributed by atoms with Crippen LogP contribution in [-0.2, 0) is 13.1 Å². The van der Waals surface area contributed by atoms with Gasteiger partial charge < -0.3 is 15.6 Å². The Hall–Kier alpha value is -2.90. The predicted octanol–water partition coefficient (Wildman–Crippen LogP) is 2.12. The first-order valence-corrected chi connectivity index (χ1v) is 9.35. The zero-order valence-electron chi connectivity index (χ0n) is 16.3. The van der Waals surface area contributed by atoms with E-state index in [0.717, 1.165) is 10.1 Å². The van der Waals surface area contributed by atoms with Crippen LogP contribution in [0.1, 0.15) is 29.3 Å². The maximum absolute atomic E-state index is 13.1. The van der Waals surface area contributed by atoms with E-state index >= 15 is 0 Å². The number of halogens is 1. The van der Waals surface area contributed by atoms with Gasteiger partial charge in [0.25, 0.3) is 11.5 Å². The van der Waals surface area contributed by atoms with Gasteiger partial charge >= 0.3 is 5.69 Å². The number of H-pyrrole nitrogens is 1. The maximum Gasteiger partial charge on any atom is 0.328 e. The number of aromatic amines is 1. The summed E-state index contributed by atoms with van der Waals surface area (Å²) >= 11 is 0. The number of rotatable bonds is 7. The van der Waals surface area contributed by atoms with Gasteiger partial charge in [0, 0.05) is 25.2 Å². The predicted molar refractivity (Wildman–Crippen MR) is 117 cm³/mol. The fraction of sp³-hybridized carbons (Fsp3) is 0.286. The van der Waals surface area contributed by atoms with Gasteiger partial charge in [-0.1, -0.05) is 30.3 Å². The van der Waals surface area contributed by atoms with Crippen molar-refractivity contribution in [1.29, 1.82) is 0 Å². The van der Waals surface area contributed by atoms with E-state index in [1.165, 1.54) is 0 Å². The lowest BCUT2D eigenvalue weighted by atomic mass is 10.1. The van der Waals surface area contributed by atoms with Crippen LogP contribution < -0.4 is 17.0 Å². The highest BCUT2D eigenvalue weighted by atomic mass is 35.5. The molecule has 0 saturated heterocycles. The second kappa shape index (κ2) is 10.0. The molecule has 0 fully saturated rings. The fourth-order valence-electron chi connectivity index (χ4n) is 3.20. The molecule has 0 aliphatic heterocycles. The summed E-state index contributed by atoms with van der Waals surface area (Å²) in [5, 5.41) is 0.384. The molecule has 7 nitrogen and oxygen atoms in total. The minimum Gasteiger partial charge on any atom is -0.334 e. The number of carbonyl (C=O) groups is 1. The number of benzene rings is 2. The first-order valence-electron chi connectivity index (χ1n) is 9.35. The average molecular weight is 417 g/mol. The highest BCUT2D eigenvalue weighted by Gasteiger charge is 2.17. The maximum atomic E-state index is 13.1. The van der Waals surface area contributed by atoms with Crippen molar-refractivity contribution in [1.82, 2.24) is 14.5 Å². The zero-order valence-corrected chi connectivity index (χ0v) is 17.1. The van der Waals surface area contributed by atoms with Gasteiger partial charge in [0.05, 0.1) is 10.9 Å². The number of hydrogen-bond acceptors (Lipinski definition) is 4. The molecular weight excluding hydrogens is 392 g/mol. The number of nitrogens with two attached hydrogens (primary N) is 1. The Balaban J connectivity index is 0.00000300. The van der Waals surface area contributed by atoms with E-state index in [9.17, 15) is 14.4 Å². The molecule has 0 spiro atoms. The molecule has 2 aromatic carbocycles. The Morgan fingerprint density at radius 1 is 1.14 bits per heavy atom. The lowest BCUT2D eigenvalue weighted by Crippen LogP contribution is -2.35. The number of amides is 1. The van der Waals surface area contributed by atoms with Gasteiger partial charge in [-0.15, -0.1) is 12.4 Å². The van der Waals surface area contributed by atoms with Crippen LogP contribution in [-0.4, -0.2) is 33.4 Å². The second-order valence-corrected chi connectivity index (χ2v) is 6.59. The van der Waals surface area contributed by atoms with Gasteiger partial charge in [0.2, 0.25) is 0 Å². The lowest BCUT2D eigenvalue weighted by molar-refractivity contribution is 0.0742. The highest BCUT2D eigenvalue weighted by molar-refractivity contribution is 5.97. The minimum absolute atomic E-state index is 0. The summed E-state index contributed by atoms with van der Waals surface area (Å²) in [5.41, 5.74) is 6.60. The van der Waals surface area contributed by atoms with Crippen LogP contribution in [0.4, 0.5) is 0 Å². The van der Waals surface area contributed by atoms with Crippen LogP contribution in [0.15, 0.2) is 58.1 Å². The molecule has 0 saturated carbocycles. The third-order valence-electron chi connectivity index (χ3n) is 4.68. The van der Waals surface area contributed by atoms with Crippen LogP contribution in [0, 0.1) is 0 Å². The second-order valence-electron chi connectivity index (χ2n) is 6.59. The number of aromatic nitrogens is 2. The first kappa shape index (κ1) is 22.4. The van der Waals surface area contributed by atoms with E-state index in [1.807, 2.05) is 30.3 Å². The summed E-state index contributed by atoms with van der Waals surface area (Å²) in [4.78, 5) is 42.0. The normalized spacial score (nSPS) is 10.6. The smallest absolute Gasteiger partial charge is 0.328 e. The number of carbonyl (C=O) groups excluding carboxylic acids is 1. The van der Waals surface area contributed by atoms with E-state index < -0.39 is 5.69 Å². The van der Waals surface area contributed by atoms with E-state index in [-0.39, 0.29) is 30.4 Å². The van der Waals surface area contributed by atoms with Crippen molar-refractivity contribution in [3.63, 3.8) is 0 Å². The van der Waals surface area contributed by atoms with Crippen LogP contribution in [0.2, 0.25) is 0 Å². The summed E-state index contributed by atoms with van der Waals surface area (Å²) in [6, 6.07) is 14.5. The molecule has 3 aromatic rings. The van der Waals surface area contributed by atoms with Crippen molar-refractivity contribution in [2.45, 2.75) is 26.4 Å². The molecule has 8 heteroatoms. The van der Waals surface area contributed by atoms with Crippen LogP contribution in [0.5, 0.6) is 0 Å². The quantitative estimate of drug-likeness (QED) is 0.616. The van der Waals surface area contributed by atoms with Gasteiger partial charge in [-0.25, -0.2) is 4.79 Å². The molecule has 29 heavy (non-hydrogen) atoms. The summed E-state index contributed by atoms with van der Waals surface area (Å²) in [7, 11) is 0. The number of nitrogens with one attached hydrogen (secondary N) is 1. The largest absolute Gasteiger partial charge is 0.334 e. The van der Waals surface area contributed by atoms with Crippen molar-refractivity contribution in [3.05, 3.63) is 80.5 Å².